The lowest BCUT2D eigenvalue weighted by molar-refractivity contribution is -0.143. The number of nitrogens with zero attached hydrogens (tertiary/aromatic N) is 2. The van der Waals surface area contributed by atoms with Crippen LogP contribution in [0.5, 0.6) is 0 Å². The molecule has 1 amide bonds. The molecule has 0 aliphatic carbocycles. The standard InChI is InChI=1S/C18H24N2O4/c21-17(22)16-7-4-10-20(16)15-8-11-19(12-9-15)18(23)24-13-14-5-2-1-3-6-14/h1-3,5-6,15-16H,4,7-13H2,(H,21,22). The molecule has 24 heavy (non-hydrogen) atoms. The second-order valence-electron chi connectivity index (χ2n) is 6.49. The molecule has 0 spiro atoms. The molecule has 2 fully saturated rings. The van der Waals surface area contributed by atoms with Crippen molar-refractivity contribution in [3.8, 4) is 0 Å². The maximum atomic E-state index is 12.2. The highest BCUT2D eigenvalue weighted by Gasteiger charge is 2.37. The monoisotopic (exact) mass is 332 g/mol. The summed E-state index contributed by atoms with van der Waals surface area (Å²) in [5.41, 5.74) is 0.974. The van der Waals surface area contributed by atoms with E-state index in [1.54, 1.807) is 4.90 Å². The summed E-state index contributed by atoms with van der Waals surface area (Å²) in [6, 6.07) is 9.53. The first-order chi connectivity index (χ1) is 11.6. The number of carboxylic acid groups (broad SMARTS) is 1. The lowest BCUT2D eigenvalue weighted by Gasteiger charge is -2.37. The van der Waals surface area contributed by atoms with E-state index in [2.05, 4.69) is 4.90 Å². The Bertz CT molecular complexity index is 570. The van der Waals surface area contributed by atoms with Crippen molar-refractivity contribution in [3.63, 3.8) is 0 Å². The SMILES string of the molecule is O=C(O)C1CCCN1C1CCN(C(=O)OCc2ccccc2)CC1. The second kappa shape index (κ2) is 7.66. The number of hydrogen-bond acceptors (Lipinski definition) is 4. The Morgan fingerprint density at radius 2 is 1.79 bits per heavy atom. The third-order valence-electron chi connectivity index (χ3n) is 4.98. The van der Waals surface area contributed by atoms with Gasteiger partial charge in [0.1, 0.15) is 12.6 Å². The number of aliphatic carboxylic acids is 1. The molecule has 0 bridgehead atoms. The fraction of sp³-hybridized carbons (Fsp3) is 0.556. The predicted molar refractivity (Wildman–Crippen MR) is 88.6 cm³/mol. The van der Waals surface area contributed by atoms with Gasteiger partial charge in [0.25, 0.3) is 0 Å². The van der Waals surface area contributed by atoms with Gasteiger partial charge in [-0.2, -0.15) is 0 Å². The number of rotatable bonds is 4. The Kier molecular flexibility index (Phi) is 5.35. The molecule has 0 radical (unpaired) electrons. The van der Waals surface area contributed by atoms with Crippen molar-refractivity contribution in [2.75, 3.05) is 19.6 Å². The molecule has 2 saturated heterocycles. The highest BCUT2D eigenvalue weighted by Crippen LogP contribution is 2.26. The average Bonchev–Trinajstić information content (AvgIpc) is 3.11. The van der Waals surface area contributed by atoms with Gasteiger partial charge in [0.15, 0.2) is 0 Å². The largest absolute Gasteiger partial charge is 0.480 e. The number of piperidine rings is 1. The van der Waals surface area contributed by atoms with Gasteiger partial charge in [-0.1, -0.05) is 30.3 Å². The van der Waals surface area contributed by atoms with Crippen molar-refractivity contribution < 1.29 is 19.4 Å². The molecule has 1 aromatic rings. The number of likely N-dealkylation sites (tertiary alicyclic amines) is 2. The molecular weight excluding hydrogens is 308 g/mol. The van der Waals surface area contributed by atoms with E-state index in [0.29, 0.717) is 13.1 Å². The summed E-state index contributed by atoms with van der Waals surface area (Å²) in [6.07, 6.45) is 3.01. The minimum atomic E-state index is -0.725. The lowest BCUT2D eigenvalue weighted by Crippen LogP contribution is -2.50. The molecular formula is C18H24N2O4. The summed E-state index contributed by atoms with van der Waals surface area (Å²) >= 11 is 0. The van der Waals surface area contributed by atoms with E-state index in [1.807, 2.05) is 30.3 Å². The van der Waals surface area contributed by atoms with E-state index < -0.39 is 5.97 Å². The number of carbonyl (C=O) groups excluding carboxylic acids is 1. The molecule has 2 heterocycles. The number of hydrogen-bond donors (Lipinski definition) is 1. The zero-order valence-electron chi connectivity index (χ0n) is 13.8. The number of amides is 1. The summed E-state index contributed by atoms with van der Waals surface area (Å²) in [6.45, 7) is 2.38. The first-order valence-electron chi connectivity index (χ1n) is 8.59. The van der Waals surface area contributed by atoms with Gasteiger partial charge in [-0.3, -0.25) is 9.69 Å². The van der Waals surface area contributed by atoms with Crippen LogP contribution in [0.2, 0.25) is 0 Å². The quantitative estimate of drug-likeness (QED) is 0.916. The van der Waals surface area contributed by atoms with Gasteiger partial charge in [-0.25, -0.2) is 4.79 Å². The average molecular weight is 332 g/mol. The van der Waals surface area contributed by atoms with Crippen LogP contribution in [0.3, 0.4) is 0 Å². The highest BCUT2D eigenvalue weighted by atomic mass is 16.6. The van der Waals surface area contributed by atoms with Gasteiger partial charge in [0.2, 0.25) is 0 Å². The number of carboxylic acids is 1. The Labute approximate surface area is 142 Å². The number of benzene rings is 1. The van der Waals surface area contributed by atoms with Crippen LogP contribution in [0.4, 0.5) is 4.79 Å². The third kappa shape index (κ3) is 3.87. The molecule has 1 atom stereocenters. The highest BCUT2D eigenvalue weighted by molar-refractivity contribution is 5.74. The van der Waals surface area contributed by atoms with Crippen molar-refractivity contribution >= 4 is 12.1 Å². The predicted octanol–water partition coefficient (Wildman–Crippen LogP) is 2.34. The summed E-state index contributed by atoms with van der Waals surface area (Å²) in [7, 11) is 0. The lowest BCUT2D eigenvalue weighted by atomic mass is 10.0. The second-order valence-corrected chi connectivity index (χ2v) is 6.49. The van der Waals surface area contributed by atoms with E-state index in [1.165, 1.54) is 0 Å². The maximum absolute atomic E-state index is 12.2. The maximum Gasteiger partial charge on any atom is 0.410 e. The van der Waals surface area contributed by atoms with E-state index in [9.17, 15) is 14.7 Å². The Hall–Kier alpha value is -2.08. The summed E-state index contributed by atoms with van der Waals surface area (Å²) in [5.74, 6) is -0.725. The smallest absolute Gasteiger partial charge is 0.410 e. The molecule has 0 aromatic heterocycles. The van der Waals surface area contributed by atoms with E-state index >= 15 is 0 Å². The Balaban J connectivity index is 1.46. The molecule has 2 aliphatic rings. The molecule has 6 nitrogen and oxygen atoms in total. The Morgan fingerprint density at radius 1 is 1.08 bits per heavy atom. The fourth-order valence-electron chi connectivity index (χ4n) is 3.68. The topological polar surface area (TPSA) is 70.1 Å². The third-order valence-corrected chi connectivity index (χ3v) is 4.98. The molecule has 0 saturated carbocycles. The van der Waals surface area contributed by atoms with Gasteiger partial charge in [-0.15, -0.1) is 0 Å². The zero-order valence-corrected chi connectivity index (χ0v) is 13.8. The van der Waals surface area contributed by atoms with E-state index in [0.717, 1.165) is 37.8 Å². The number of ether oxygens (including phenoxy) is 1. The molecule has 1 N–H and O–H groups in total. The number of carbonyl (C=O) groups is 2. The normalized spacial score (nSPS) is 22.5. The van der Waals surface area contributed by atoms with Crippen LogP contribution in [0, 0.1) is 0 Å². The first kappa shape index (κ1) is 16.8. The van der Waals surface area contributed by atoms with Gasteiger partial charge in [0, 0.05) is 19.1 Å². The Morgan fingerprint density at radius 3 is 2.46 bits per heavy atom. The van der Waals surface area contributed by atoms with Crippen molar-refractivity contribution in [2.45, 2.75) is 44.4 Å². The van der Waals surface area contributed by atoms with Gasteiger partial charge in [-0.05, 0) is 37.8 Å². The summed E-state index contributed by atoms with van der Waals surface area (Å²) < 4.78 is 5.37. The van der Waals surface area contributed by atoms with Crippen molar-refractivity contribution in [2.24, 2.45) is 0 Å². The van der Waals surface area contributed by atoms with Gasteiger partial charge >= 0.3 is 12.1 Å². The summed E-state index contributed by atoms with van der Waals surface area (Å²) in [5, 5.41) is 9.31. The van der Waals surface area contributed by atoms with Crippen LogP contribution >= 0.6 is 0 Å². The van der Waals surface area contributed by atoms with Crippen LogP contribution in [0.15, 0.2) is 30.3 Å². The van der Waals surface area contributed by atoms with Crippen molar-refractivity contribution in [1.82, 2.24) is 9.80 Å². The van der Waals surface area contributed by atoms with Crippen molar-refractivity contribution in [1.29, 1.82) is 0 Å². The van der Waals surface area contributed by atoms with E-state index in [-0.39, 0.29) is 24.8 Å². The van der Waals surface area contributed by atoms with Crippen molar-refractivity contribution in [3.05, 3.63) is 35.9 Å². The molecule has 1 aromatic carbocycles. The van der Waals surface area contributed by atoms with Gasteiger partial charge in [0.05, 0.1) is 0 Å². The van der Waals surface area contributed by atoms with Crippen LogP contribution in [0.25, 0.3) is 0 Å². The minimum absolute atomic E-state index is 0.256. The van der Waals surface area contributed by atoms with E-state index in [4.69, 9.17) is 4.74 Å². The minimum Gasteiger partial charge on any atom is -0.480 e. The molecule has 2 aliphatic heterocycles. The molecule has 3 rings (SSSR count). The first-order valence-corrected chi connectivity index (χ1v) is 8.59. The van der Waals surface area contributed by atoms with Crippen LogP contribution in [-0.2, 0) is 16.1 Å². The van der Waals surface area contributed by atoms with Gasteiger partial charge < -0.3 is 14.7 Å². The molecule has 130 valence electrons. The fourth-order valence-corrected chi connectivity index (χ4v) is 3.68. The molecule has 6 heteroatoms. The van der Waals surface area contributed by atoms with Crippen LogP contribution in [0.1, 0.15) is 31.2 Å². The van der Waals surface area contributed by atoms with Crippen LogP contribution < -0.4 is 0 Å². The molecule has 1 unspecified atom stereocenters. The van der Waals surface area contributed by atoms with Crippen LogP contribution in [-0.4, -0.2) is 58.7 Å². The zero-order chi connectivity index (χ0) is 16.9. The summed E-state index contributed by atoms with van der Waals surface area (Å²) in [4.78, 5) is 27.3.